The van der Waals surface area contributed by atoms with Gasteiger partial charge in [0.25, 0.3) is 0 Å². The molecule has 0 fully saturated rings. The Hall–Kier alpha value is -0.960. The number of quaternary nitrogens is 1. The quantitative estimate of drug-likeness (QED) is 0.260. The average Bonchev–Trinajstić information content (AvgIpc) is 2.21. The van der Waals surface area contributed by atoms with Crippen molar-refractivity contribution < 1.29 is 30.8 Å². The molecule has 0 heterocycles. The zero-order valence-corrected chi connectivity index (χ0v) is 12.7. The molecule has 0 aliphatic carbocycles. The number of nitrogens with zero attached hydrogens (tertiary/aromatic N) is 1. The van der Waals surface area contributed by atoms with Crippen LogP contribution in [0.15, 0.2) is 12.2 Å². The van der Waals surface area contributed by atoms with Crippen molar-refractivity contribution in [1.82, 2.24) is 0 Å². The van der Waals surface area contributed by atoms with Crippen LogP contribution in [-0.4, -0.2) is 66.4 Å². The van der Waals surface area contributed by atoms with Crippen LogP contribution in [0.25, 0.3) is 0 Å². The molecule has 0 bridgehead atoms. The van der Waals surface area contributed by atoms with Crippen LogP contribution in [-0.2, 0) is 28.3 Å². The average molecular weight is 296 g/mol. The lowest BCUT2D eigenvalue weighted by Gasteiger charge is -2.23. The lowest BCUT2D eigenvalue weighted by molar-refractivity contribution is -0.870. The molecule has 0 radical (unpaired) electrons. The number of hydrogen-bond donors (Lipinski definition) is 0. The molecule has 112 valence electrons. The predicted molar refractivity (Wildman–Crippen MR) is 69.5 cm³/mol. The normalized spacial score (nSPS) is 12.2. The molecule has 0 saturated heterocycles. The molecule has 0 aliphatic heterocycles. The van der Waals surface area contributed by atoms with Gasteiger partial charge in [-0.1, -0.05) is 6.58 Å². The molecule has 0 amide bonds. The van der Waals surface area contributed by atoms with Crippen LogP contribution in [0.5, 0.6) is 0 Å². The van der Waals surface area contributed by atoms with Crippen molar-refractivity contribution in [3.05, 3.63) is 12.2 Å². The van der Waals surface area contributed by atoms with Crippen LogP contribution in [0.3, 0.4) is 0 Å². The van der Waals surface area contributed by atoms with E-state index < -0.39 is 16.4 Å². The van der Waals surface area contributed by atoms with E-state index in [1.165, 1.54) is 6.92 Å². The molecule has 0 aromatic heterocycles. The van der Waals surface area contributed by atoms with Gasteiger partial charge in [0.15, 0.2) is 0 Å². The van der Waals surface area contributed by atoms with E-state index in [9.17, 15) is 13.2 Å². The summed E-state index contributed by atoms with van der Waals surface area (Å²) in [6, 6.07) is 0. The van der Waals surface area contributed by atoms with Gasteiger partial charge in [-0.15, -0.1) is 0 Å². The van der Waals surface area contributed by atoms with E-state index in [4.69, 9.17) is 0 Å². The van der Waals surface area contributed by atoms with Gasteiger partial charge in [-0.05, 0) is 6.92 Å². The minimum atomic E-state index is -4.05. The summed E-state index contributed by atoms with van der Waals surface area (Å²) >= 11 is 0. The molecule has 0 aromatic carbocycles. The fourth-order valence-corrected chi connectivity index (χ4v) is 1.46. The van der Waals surface area contributed by atoms with Crippen molar-refractivity contribution in [2.24, 2.45) is 0 Å². The molecule has 0 aliphatic rings. The molecule has 7 nitrogen and oxygen atoms in total. The number of carbonyl (C=O) groups is 1. The first-order valence-electron chi connectivity index (χ1n) is 5.70. The van der Waals surface area contributed by atoms with E-state index >= 15 is 0 Å². The number of esters is 1. The van der Waals surface area contributed by atoms with Gasteiger partial charge in [0.1, 0.15) is 26.4 Å². The molecule has 19 heavy (non-hydrogen) atoms. The largest absolute Gasteiger partial charge is 0.460 e. The molecule has 0 saturated carbocycles. The molecule has 0 N–H and O–H groups in total. The monoisotopic (exact) mass is 296 g/mol. The third kappa shape index (κ3) is 10.6. The van der Waals surface area contributed by atoms with Gasteiger partial charge in [0.2, 0.25) is 0 Å². The number of rotatable bonds is 9. The van der Waals surface area contributed by atoms with Crippen LogP contribution >= 0.6 is 0 Å². The second-order valence-corrected chi connectivity index (χ2v) is 6.27. The maximum Gasteiger partial charge on any atom is 0.400 e. The fraction of sp³-hybridized carbons (Fsp3) is 0.727. The summed E-state index contributed by atoms with van der Waals surface area (Å²) in [6.45, 7) is 4.96. The zero-order chi connectivity index (χ0) is 15.1. The van der Waals surface area contributed by atoms with Gasteiger partial charge in [-0.3, -0.25) is 0 Å². The van der Waals surface area contributed by atoms with Gasteiger partial charge >= 0.3 is 16.4 Å². The number of ether oxygens (including phenoxy) is 1. The third-order valence-corrected chi connectivity index (χ3v) is 2.79. The Morgan fingerprint density at radius 3 is 2.11 bits per heavy atom. The smallest absolute Gasteiger partial charge is 0.400 e. The van der Waals surface area contributed by atoms with E-state index in [0.29, 0.717) is 11.0 Å². The Balaban J connectivity index is 3.86. The summed E-state index contributed by atoms with van der Waals surface area (Å²) in [7, 11) is 1.69. The van der Waals surface area contributed by atoms with Crippen molar-refractivity contribution in [2.75, 3.05) is 47.5 Å². The fourth-order valence-electron chi connectivity index (χ4n) is 0.841. The minimum absolute atomic E-state index is 0.0252. The van der Waals surface area contributed by atoms with Crippen LogP contribution < -0.4 is 0 Å². The van der Waals surface area contributed by atoms with Crippen molar-refractivity contribution in [2.45, 2.75) is 6.92 Å². The minimum Gasteiger partial charge on any atom is -0.460 e. The Kier molecular flexibility index (Phi) is 7.20. The Bertz CT molecular complexity index is 409. The first-order chi connectivity index (χ1) is 8.53. The highest BCUT2D eigenvalue weighted by Gasteiger charge is 2.15. The van der Waals surface area contributed by atoms with Crippen LogP contribution in [0, 0.1) is 0 Å². The maximum atomic E-state index is 11.3. The predicted octanol–water partition coefficient (Wildman–Crippen LogP) is 0.0899. The van der Waals surface area contributed by atoms with E-state index in [1.54, 1.807) is 0 Å². The maximum absolute atomic E-state index is 11.3. The van der Waals surface area contributed by atoms with Gasteiger partial charge in [-0.2, -0.15) is 8.42 Å². The zero-order valence-electron chi connectivity index (χ0n) is 11.8. The van der Waals surface area contributed by atoms with E-state index in [0.717, 1.165) is 0 Å². The van der Waals surface area contributed by atoms with Gasteiger partial charge < -0.3 is 9.22 Å². The first kappa shape index (κ1) is 18.0. The topological polar surface area (TPSA) is 78.9 Å². The summed E-state index contributed by atoms with van der Waals surface area (Å²) in [5.74, 6) is -0.591. The summed E-state index contributed by atoms with van der Waals surface area (Å²) < 4.78 is 37.0. The molecular weight excluding hydrogens is 274 g/mol. The van der Waals surface area contributed by atoms with Gasteiger partial charge in [0.05, 0.1) is 21.1 Å². The van der Waals surface area contributed by atoms with Crippen molar-refractivity contribution in [1.29, 1.82) is 0 Å². The number of carbonyl (C=O) groups excluding carboxylic acids is 1. The van der Waals surface area contributed by atoms with E-state index in [1.807, 2.05) is 21.1 Å². The molecule has 8 heteroatoms. The number of hydrogen-bond acceptors (Lipinski definition) is 6. The van der Waals surface area contributed by atoms with Crippen LogP contribution in [0.2, 0.25) is 0 Å². The van der Waals surface area contributed by atoms with Gasteiger partial charge in [-0.25, -0.2) is 13.2 Å². The molecule has 0 spiro atoms. The summed E-state index contributed by atoms with van der Waals surface area (Å²) in [5, 5.41) is 0. The molecular formula is C11H22NO6S+. The Labute approximate surface area is 114 Å². The highest BCUT2D eigenvalue weighted by atomic mass is 32.3. The molecule has 0 rings (SSSR count). The lowest BCUT2D eigenvalue weighted by atomic mass is 10.4. The van der Waals surface area contributed by atoms with Crippen LogP contribution in [0.1, 0.15) is 6.92 Å². The van der Waals surface area contributed by atoms with Crippen molar-refractivity contribution in [3.8, 4) is 0 Å². The second-order valence-electron chi connectivity index (χ2n) is 4.98. The number of likely N-dealkylation sites (N-methyl/N-ethyl adjacent to an activating group) is 1. The third-order valence-electron chi connectivity index (χ3n) is 1.88. The van der Waals surface area contributed by atoms with E-state index in [2.05, 4.69) is 19.7 Å². The summed E-state index contributed by atoms with van der Waals surface area (Å²) in [4.78, 5) is 11.0. The van der Waals surface area contributed by atoms with Crippen molar-refractivity contribution >= 4 is 16.4 Å². The highest BCUT2D eigenvalue weighted by molar-refractivity contribution is 7.81. The van der Waals surface area contributed by atoms with E-state index in [-0.39, 0.29) is 25.4 Å². The molecule has 0 unspecified atom stereocenters. The Morgan fingerprint density at radius 1 is 1.11 bits per heavy atom. The summed E-state index contributed by atoms with van der Waals surface area (Å²) in [5.41, 5.74) is 0.238. The Morgan fingerprint density at radius 2 is 1.63 bits per heavy atom. The first-order valence-corrected chi connectivity index (χ1v) is 7.04. The van der Waals surface area contributed by atoms with Crippen molar-refractivity contribution in [3.63, 3.8) is 0 Å². The standard InChI is InChI=1S/C11H22NO6S/c1-10(2)11(13)16-8-9-18-19(14,15)17-7-6-12(3,4)5/h1,6-9H2,2-5H3/q+1. The SMILES string of the molecule is C=C(C)C(=O)OCCOS(=O)(=O)OCC[N+](C)(C)C. The molecule has 0 aromatic rings. The van der Waals surface area contributed by atoms with Gasteiger partial charge in [0, 0.05) is 5.57 Å². The molecule has 0 atom stereocenters. The highest BCUT2D eigenvalue weighted by Crippen LogP contribution is 1.99. The summed E-state index contributed by atoms with van der Waals surface area (Å²) in [6.07, 6.45) is 0. The van der Waals surface area contributed by atoms with Crippen LogP contribution in [0.4, 0.5) is 0 Å². The second kappa shape index (κ2) is 7.59. The lowest BCUT2D eigenvalue weighted by Crippen LogP contribution is -2.38.